The number of nitrogens with one attached hydrogen (secondary N) is 1. The molecule has 0 saturated carbocycles. The minimum atomic E-state index is -0.195. The van der Waals surface area contributed by atoms with Gasteiger partial charge in [0, 0.05) is 6.54 Å². The lowest BCUT2D eigenvalue weighted by atomic mass is 10.2. The van der Waals surface area contributed by atoms with Crippen molar-refractivity contribution in [3.63, 3.8) is 0 Å². The second kappa shape index (κ2) is 9.97. The highest BCUT2D eigenvalue weighted by atomic mass is 32.2. The predicted molar refractivity (Wildman–Crippen MR) is 116 cm³/mol. The molecule has 3 rings (SSSR count). The highest BCUT2D eigenvalue weighted by Crippen LogP contribution is 2.27. The summed E-state index contributed by atoms with van der Waals surface area (Å²) >= 11 is 1.39. The Hall–Kier alpha value is -3.00. The number of ether oxygens (including phenoxy) is 2. The first-order chi connectivity index (χ1) is 14.2. The quantitative estimate of drug-likeness (QED) is 0.329. The van der Waals surface area contributed by atoms with Gasteiger partial charge in [-0.2, -0.15) is 5.10 Å². The summed E-state index contributed by atoms with van der Waals surface area (Å²) in [6.07, 6.45) is 1.57. The molecule has 3 aromatic rings. The van der Waals surface area contributed by atoms with Crippen LogP contribution in [0.5, 0.6) is 11.5 Å². The van der Waals surface area contributed by atoms with Gasteiger partial charge in [-0.25, -0.2) is 10.4 Å². The van der Waals surface area contributed by atoms with Gasteiger partial charge in [-0.15, -0.1) is 0 Å². The largest absolute Gasteiger partial charge is 0.493 e. The first kappa shape index (κ1) is 20.7. The van der Waals surface area contributed by atoms with E-state index in [-0.39, 0.29) is 11.7 Å². The number of hydrogen-bond acceptors (Lipinski definition) is 6. The van der Waals surface area contributed by atoms with Crippen molar-refractivity contribution in [3.8, 4) is 11.5 Å². The Bertz CT molecular complexity index is 1020. The van der Waals surface area contributed by atoms with Gasteiger partial charge >= 0.3 is 0 Å². The van der Waals surface area contributed by atoms with Crippen LogP contribution in [0.1, 0.15) is 19.4 Å². The van der Waals surface area contributed by atoms with Gasteiger partial charge in [0.1, 0.15) is 0 Å². The molecule has 0 atom stereocenters. The second-order valence-electron chi connectivity index (χ2n) is 6.05. The number of hydrogen-bond donors (Lipinski definition) is 1. The average Bonchev–Trinajstić information content (AvgIpc) is 3.11. The van der Waals surface area contributed by atoms with Crippen LogP contribution in [-0.4, -0.2) is 41.1 Å². The lowest BCUT2D eigenvalue weighted by molar-refractivity contribution is -0.118. The molecule has 8 heteroatoms. The Morgan fingerprint density at radius 1 is 1.24 bits per heavy atom. The van der Waals surface area contributed by atoms with Crippen molar-refractivity contribution in [1.29, 1.82) is 0 Å². The summed E-state index contributed by atoms with van der Waals surface area (Å²) in [5.41, 5.74) is 5.35. The second-order valence-corrected chi connectivity index (χ2v) is 7.00. The van der Waals surface area contributed by atoms with Gasteiger partial charge < -0.3 is 14.0 Å². The molecule has 7 nitrogen and oxygen atoms in total. The van der Waals surface area contributed by atoms with Crippen molar-refractivity contribution < 1.29 is 14.3 Å². The van der Waals surface area contributed by atoms with Gasteiger partial charge in [0.05, 0.1) is 36.7 Å². The van der Waals surface area contributed by atoms with Gasteiger partial charge in [-0.3, -0.25) is 4.79 Å². The van der Waals surface area contributed by atoms with Crippen molar-refractivity contribution in [2.45, 2.75) is 25.5 Å². The number of aromatic nitrogens is 2. The van der Waals surface area contributed by atoms with Crippen molar-refractivity contribution >= 4 is 34.9 Å². The fourth-order valence-corrected chi connectivity index (χ4v) is 3.72. The van der Waals surface area contributed by atoms with Crippen LogP contribution in [0, 0.1) is 0 Å². The van der Waals surface area contributed by atoms with Crippen molar-refractivity contribution in [2.75, 3.05) is 19.5 Å². The van der Waals surface area contributed by atoms with Gasteiger partial charge in [-0.1, -0.05) is 23.9 Å². The number of amides is 1. The Kier molecular flexibility index (Phi) is 7.13. The van der Waals surface area contributed by atoms with Crippen LogP contribution in [0.3, 0.4) is 0 Å². The fourth-order valence-electron chi connectivity index (χ4n) is 2.85. The molecule has 0 aliphatic heterocycles. The topological polar surface area (TPSA) is 77.7 Å². The molecule has 0 fully saturated rings. The number of thioether (sulfide) groups is 1. The minimum absolute atomic E-state index is 0.195. The first-order valence-electron chi connectivity index (χ1n) is 9.37. The number of aryl methyl sites for hydroxylation is 1. The number of hydrazone groups is 1. The molecule has 0 spiro atoms. The number of fused-ring (bicyclic) bond motifs is 1. The summed E-state index contributed by atoms with van der Waals surface area (Å²) in [6.45, 7) is 5.33. The molecule has 1 aromatic heterocycles. The summed E-state index contributed by atoms with van der Waals surface area (Å²) < 4.78 is 12.9. The fraction of sp³-hybridized carbons (Fsp3) is 0.286. The van der Waals surface area contributed by atoms with E-state index in [1.54, 1.807) is 19.4 Å². The van der Waals surface area contributed by atoms with E-state index in [1.807, 2.05) is 43.3 Å². The summed E-state index contributed by atoms with van der Waals surface area (Å²) in [5, 5.41) is 4.85. The summed E-state index contributed by atoms with van der Waals surface area (Å²) in [6, 6.07) is 13.4. The lowest BCUT2D eigenvalue weighted by Crippen LogP contribution is -2.20. The number of methoxy groups -OCH3 is 1. The van der Waals surface area contributed by atoms with Gasteiger partial charge in [0.2, 0.25) is 0 Å². The van der Waals surface area contributed by atoms with Crippen LogP contribution in [0.2, 0.25) is 0 Å². The molecule has 1 N–H and O–H groups in total. The molecule has 29 heavy (non-hydrogen) atoms. The van der Waals surface area contributed by atoms with Gasteiger partial charge in [0.25, 0.3) is 5.91 Å². The first-order valence-corrected chi connectivity index (χ1v) is 10.4. The van der Waals surface area contributed by atoms with E-state index < -0.39 is 0 Å². The number of carbonyl (C=O) groups is 1. The molecule has 0 unspecified atom stereocenters. The maximum atomic E-state index is 12.2. The number of imidazole rings is 1. The minimum Gasteiger partial charge on any atom is -0.493 e. The van der Waals surface area contributed by atoms with E-state index >= 15 is 0 Å². The highest BCUT2D eigenvalue weighted by Gasteiger charge is 2.11. The number of benzene rings is 2. The molecular weight excluding hydrogens is 388 g/mol. The number of carbonyl (C=O) groups excluding carboxylic acids is 1. The van der Waals surface area contributed by atoms with Crippen LogP contribution < -0.4 is 14.9 Å². The zero-order valence-electron chi connectivity index (χ0n) is 16.7. The van der Waals surface area contributed by atoms with E-state index in [0.29, 0.717) is 18.1 Å². The monoisotopic (exact) mass is 412 g/mol. The van der Waals surface area contributed by atoms with Crippen LogP contribution in [0.15, 0.2) is 52.7 Å². The van der Waals surface area contributed by atoms with Gasteiger partial charge in [0.15, 0.2) is 16.7 Å². The van der Waals surface area contributed by atoms with Gasteiger partial charge in [-0.05, 0) is 49.7 Å². The molecular formula is C21H24N4O3S. The van der Waals surface area contributed by atoms with E-state index in [9.17, 15) is 4.79 Å². The van der Waals surface area contributed by atoms with E-state index in [1.165, 1.54) is 11.8 Å². The molecule has 0 bridgehead atoms. The molecule has 1 heterocycles. The van der Waals surface area contributed by atoms with Crippen LogP contribution in [0.4, 0.5) is 0 Å². The predicted octanol–water partition coefficient (Wildman–Crippen LogP) is 3.71. The summed E-state index contributed by atoms with van der Waals surface area (Å²) in [5.74, 6) is 1.33. The summed E-state index contributed by atoms with van der Waals surface area (Å²) in [7, 11) is 1.58. The third kappa shape index (κ3) is 5.08. The maximum Gasteiger partial charge on any atom is 0.250 e. The smallest absolute Gasteiger partial charge is 0.250 e. The summed E-state index contributed by atoms with van der Waals surface area (Å²) in [4.78, 5) is 16.8. The van der Waals surface area contributed by atoms with Crippen LogP contribution in [-0.2, 0) is 11.3 Å². The molecule has 0 aliphatic carbocycles. The Morgan fingerprint density at radius 2 is 2.07 bits per heavy atom. The Labute approximate surface area is 174 Å². The van der Waals surface area contributed by atoms with E-state index in [4.69, 9.17) is 9.47 Å². The standard InChI is InChI=1S/C21H24N4O3S/c1-4-25-17-9-7-6-8-16(17)23-21(25)29-14-20(26)24-22-13-15-10-11-18(28-5-2)19(12-15)27-3/h6-13H,4-5,14H2,1-3H3,(H,24,26). The van der Waals surface area contributed by atoms with E-state index in [2.05, 4.69) is 27.0 Å². The van der Waals surface area contributed by atoms with Crippen molar-refractivity contribution in [2.24, 2.45) is 5.10 Å². The average molecular weight is 413 g/mol. The molecule has 0 aliphatic rings. The van der Waals surface area contributed by atoms with Crippen LogP contribution >= 0.6 is 11.8 Å². The number of para-hydroxylation sites is 2. The Morgan fingerprint density at radius 3 is 2.83 bits per heavy atom. The van der Waals surface area contributed by atoms with E-state index in [0.717, 1.165) is 28.3 Å². The maximum absolute atomic E-state index is 12.2. The zero-order valence-corrected chi connectivity index (χ0v) is 17.5. The normalized spacial score (nSPS) is 11.1. The molecule has 0 radical (unpaired) electrons. The molecule has 0 saturated heterocycles. The molecule has 2 aromatic carbocycles. The zero-order chi connectivity index (χ0) is 20.6. The van der Waals surface area contributed by atoms with Crippen molar-refractivity contribution in [3.05, 3.63) is 48.0 Å². The molecule has 152 valence electrons. The highest BCUT2D eigenvalue weighted by molar-refractivity contribution is 7.99. The number of nitrogens with zero attached hydrogens (tertiary/aromatic N) is 3. The molecule has 1 amide bonds. The third-order valence-electron chi connectivity index (χ3n) is 4.16. The lowest BCUT2D eigenvalue weighted by Gasteiger charge is -2.09. The Balaban J connectivity index is 1.58. The third-order valence-corrected chi connectivity index (χ3v) is 5.13. The SMILES string of the molecule is CCOc1ccc(C=NNC(=O)CSc2nc3ccccc3n2CC)cc1OC. The van der Waals surface area contributed by atoms with Crippen molar-refractivity contribution in [1.82, 2.24) is 15.0 Å². The number of rotatable bonds is 9. The van der Waals surface area contributed by atoms with Crippen LogP contribution in [0.25, 0.3) is 11.0 Å².